The quantitative estimate of drug-likeness (QED) is 0.842. The van der Waals surface area contributed by atoms with Crippen molar-refractivity contribution >= 4 is 10.0 Å². The minimum Gasteiger partial charge on any atom is -0.326 e. The summed E-state index contributed by atoms with van der Waals surface area (Å²) in [6.07, 6.45) is 0.869. The van der Waals surface area contributed by atoms with E-state index in [0.717, 1.165) is 12.1 Å². The number of rotatable bonds is 3. The Hall–Kier alpha value is -0.920. The lowest BCUT2D eigenvalue weighted by Gasteiger charge is -2.19. The minimum absolute atomic E-state index is 0.0291. The first-order valence-electron chi connectivity index (χ1n) is 6.02. The van der Waals surface area contributed by atoms with Gasteiger partial charge < -0.3 is 5.73 Å². The van der Waals surface area contributed by atoms with Crippen molar-refractivity contribution in [3.05, 3.63) is 11.3 Å². The molecular weight excluding hydrogens is 252 g/mol. The monoisotopic (exact) mass is 272 g/mol. The lowest BCUT2D eigenvalue weighted by atomic mass is 9.93. The van der Waals surface area contributed by atoms with Crippen molar-refractivity contribution in [2.24, 2.45) is 11.1 Å². The van der Waals surface area contributed by atoms with Crippen LogP contribution in [0.2, 0.25) is 0 Å². The van der Waals surface area contributed by atoms with Gasteiger partial charge in [-0.3, -0.25) is 5.10 Å². The predicted octanol–water partition coefficient (Wildman–Crippen LogP) is 0.597. The molecule has 0 unspecified atom stereocenters. The fourth-order valence-electron chi connectivity index (χ4n) is 2.27. The lowest BCUT2D eigenvalue weighted by Crippen LogP contribution is -2.31. The fraction of sp³-hybridized carbons (Fsp3) is 0.727. The molecule has 1 aliphatic heterocycles. The summed E-state index contributed by atoms with van der Waals surface area (Å²) in [5.74, 6) is 0. The summed E-state index contributed by atoms with van der Waals surface area (Å²) in [6, 6.07) is 0. The highest BCUT2D eigenvalue weighted by Gasteiger charge is 2.39. The zero-order chi connectivity index (χ0) is 13.6. The number of aromatic amines is 1. The average Bonchev–Trinajstić information content (AvgIpc) is 2.81. The molecule has 0 atom stereocenters. The zero-order valence-electron chi connectivity index (χ0n) is 11.0. The van der Waals surface area contributed by atoms with Crippen molar-refractivity contribution in [1.29, 1.82) is 0 Å². The smallest absolute Gasteiger partial charge is 0.262 e. The van der Waals surface area contributed by atoms with Gasteiger partial charge in [-0.25, -0.2) is 8.42 Å². The first-order chi connectivity index (χ1) is 8.28. The van der Waals surface area contributed by atoms with Crippen LogP contribution in [0.25, 0.3) is 0 Å². The maximum atomic E-state index is 12.5. The maximum Gasteiger partial charge on any atom is 0.262 e. The van der Waals surface area contributed by atoms with Crippen LogP contribution in [-0.4, -0.2) is 36.0 Å². The van der Waals surface area contributed by atoms with E-state index in [1.807, 2.05) is 0 Å². The second kappa shape index (κ2) is 4.32. The van der Waals surface area contributed by atoms with Gasteiger partial charge in [-0.15, -0.1) is 0 Å². The van der Waals surface area contributed by atoms with Gasteiger partial charge in [0.15, 0.2) is 5.03 Å². The molecule has 0 bridgehead atoms. The Kier molecular flexibility index (Phi) is 3.25. The molecule has 0 spiro atoms. The van der Waals surface area contributed by atoms with E-state index < -0.39 is 10.0 Å². The second-order valence-electron chi connectivity index (χ2n) is 5.59. The molecule has 3 N–H and O–H groups in total. The Morgan fingerprint density at radius 1 is 1.50 bits per heavy atom. The topological polar surface area (TPSA) is 92.1 Å². The van der Waals surface area contributed by atoms with Crippen molar-refractivity contribution in [3.8, 4) is 0 Å². The van der Waals surface area contributed by atoms with Gasteiger partial charge in [-0.2, -0.15) is 9.40 Å². The highest BCUT2D eigenvalue weighted by molar-refractivity contribution is 7.89. The Bertz CT molecular complexity index is 547. The van der Waals surface area contributed by atoms with Gasteiger partial charge in [0.05, 0.1) is 0 Å². The van der Waals surface area contributed by atoms with Crippen LogP contribution in [0.4, 0.5) is 0 Å². The molecule has 1 aromatic heterocycles. The number of nitrogens with one attached hydrogen (secondary N) is 1. The Morgan fingerprint density at radius 3 is 2.67 bits per heavy atom. The minimum atomic E-state index is -3.52. The third kappa shape index (κ3) is 2.17. The Balaban J connectivity index is 2.37. The molecule has 0 saturated carbocycles. The van der Waals surface area contributed by atoms with E-state index in [0.29, 0.717) is 18.7 Å². The molecule has 7 heteroatoms. The molecule has 0 radical (unpaired) electrons. The summed E-state index contributed by atoms with van der Waals surface area (Å²) >= 11 is 0. The summed E-state index contributed by atoms with van der Waals surface area (Å²) in [7, 11) is -3.52. The number of nitrogens with zero attached hydrogens (tertiary/aromatic N) is 2. The van der Waals surface area contributed by atoms with Crippen LogP contribution in [0.3, 0.4) is 0 Å². The van der Waals surface area contributed by atoms with Gasteiger partial charge in [0.2, 0.25) is 0 Å². The van der Waals surface area contributed by atoms with Gasteiger partial charge in [-0.1, -0.05) is 13.8 Å². The third-order valence-electron chi connectivity index (χ3n) is 3.47. The van der Waals surface area contributed by atoms with Gasteiger partial charge in [-0.05, 0) is 18.8 Å². The van der Waals surface area contributed by atoms with E-state index in [2.05, 4.69) is 24.0 Å². The fourth-order valence-corrected chi connectivity index (χ4v) is 4.08. The number of hydrogen-bond acceptors (Lipinski definition) is 4. The molecule has 6 nitrogen and oxygen atoms in total. The van der Waals surface area contributed by atoms with Crippen molar-refractivity contribution < 1.29 is 8.42 Å². The number of aromatic nitrogens is 2. The summed E-state index contributed by atoms with van der Waals surface area (Å²) in [4.78, 5) is 0. The van der Waals surface area contributed by atoms with Crippen LogP contribution >= 0.6 is 0 Å². The lowest BCUT2D eigenvalue weighted by molar-refractivity contribution is 0.374. The second-order valence-corrected chi connectivity index (χ2v) is 7.44. The number of hydrogen-bond donors (Lipinski definition) is 2. The van der Waals surface area contributed by atoms with Crippen molar-refractivity contribution in [2.45, 2.75) is 38.8 Å². The summed E-state index contributed by atoms with van der Waals surface area (Å²) in [6.45, 7) is 7.18. The Morgan fingerprint density at radius 2 is 2.17 bits per heavy atom. The molecule has 2 rings (SSSR count). The normalized spacial score (nSPS) is 20.4. The van der Waals surface area contributed by atoms with E-state index in [1.54, 1.807) is 6.92 Å². The number of aryl methyl sites for hydroxylation is 1. The highest BCUT2D eigenvalue weighted by atomic mass is 32.2. The van der Waals surface area contributed by atoms with Crippen molar-refractivity contribution in [3.63, 3.8) is 0 Å². The number of H-pyrrole nitrogens is 1. The first-order valence-corrected chi connectivity index (χ1v) is 7.46. The average molecular weight is 272 g/mol. The van der Waals surface area contributed by atoms with Crippen molar-refractivity contribution in [2.75, 3.05) is 13.1 Å². The summed E-state index contributed by atoms with van der Waals surface area (Å²) in [5.41, 5.74) is 6.93. The van der Waals surface area contributed by atoms with E-state index >= 15 is 0 Å². The molecule has 1 aliphatic rings. The molecule has 1 aromatic rings. The summed E-state index contributed by atoms with van der Waals surface area (Å²) in [5, 5.41) is 6.70. The molecule has 1 fully saturated rings. The van der Waals surface area contributed by atoms with Gasteiger partial charge in [0, 0.05) is 30.9 Å². The SMILES string of the molecule is Cc1[nH]nc(S(=O)(=O)N2CCC(C)(C)C2)c1CN. The summed E-state index contributed by atoms with van der Waals surface area (Å²) < 4.78 is 26.5. The number of sulfonamides is 1. The van der Waals surface area contributed by atoms with E-state index in [9.17, 15) is 8.42 Å². The van der Waals surface area contributed by atoms with Crippen LogP contribution in [0.5, 0.6) is 0 Å². The zero-order valence-corrected chi connectivity index (χ0v) is 11.8. The molecule has 18 heavy (non-hydrogen) atoms. The van der Waals surface area contributed by atoms with Crippen molar-refractivity contribution in [1.82, 2.24) is 14.5 Å². The van der Waals surface area contributed by atoms with Crippen LogP contribution in [0, 0.1) is 12.3 Å². The Labute approximate surface area is 108 Å². The van der Waals surface area contributed by atoms with Gasteiger partial charge in [0.1, 0.15) is 0 Å². The van der Waals surface area contributed by atoms with Crippen LogP contribution in [0.15, 0.2) is 5.03 Å². The maximum absolute atomic E-state index is 12.5. The van der Waals surface area contributed by atoms with Gasteiger partial charge in [0.25, 0.3) is 10.0 Å². The molecule has 1 saturated heterocycles. The van der Waals surface area contributed by atoms with E-state index in [-0.39, 0.29) is 17.0 Å². The predicted molar refractivity (Wildman–Crippen MR) is 68.4 cm³/mol. The largest absolute Gasteiger partial charge is 0.326 e. The molecule has 0 amide bonds. The van der Waals surface area contributed by atoms with Gasteiger partial charge >= 0.3 is 0 Å². The molecule has 102 valence electrons. The van der Waals surface area contributed by atoms with Crippen LogP contribution in [0.1, 0.15) is 31.5 Å². The van der Waals surface area contributed by atoms with Crippen LogP contribution < -0.4 is 5.73 Å². The first kappa shape index (κ1) is 13.5. The van der Waals surface area contributed by atoms with E-state index in [1.165, 1.54) is 4.31 Å². The van der Waals surface area contributed by atoms with E-state index in [4.69, 9.17) is 5.73 Å². The molecule has 0 aromatic carbocycles. The molecule has 0 aliphatic carbocycles. The third-order valence-corrected chi connectivity index (χ3v) is 5.28. The standard InChI is InChI=1S/C11H20N4O2S/c1-8-9(6-12)10(14-13-8)18(16,17)15-5-4-11(2,3)7-15/h4-7,12H2,1-3H3,(H,13,14). The molecule has 2 heterocycles. The van der Waals surface area contributed by atoms with Crippen LogP contribution in [-0.2, 0) is 16.6 Å². The molecular formula is C11H20N4O2S. The number of nitrogens with two attached hydrogens (primary N) is 1. The highest BCUT2D eigenvalue weighted by Crippen LogP contribution is 2.33.